The topological polar surface area (TPSA) is 92.8 Å². The van der Waals surface area contributed by atoms with Gasteiger partial charge in [-0.1, -0.05) is 6.07 Å². The highest BCUT2D eigenvalue weighted by atomic mass is 32.2. The Labute approximate surface area is 164 Å². The van der Waals surface area contributed by atoms with E-state index in [1.165, 1.54) is 23.5 Å². The predicted octanol–water partition coefficient (Wildman–Crippen LogP) is 2.82. The van der Waals surface area contributed by atoms with Gasteiger partial charge in [-0.15, -0.1) is 0 Å². The van der Waals surface area contributed by atoms with Crippen LogP contribution in [0.4, 0.5) is 5.69 Å². The van der Waals surface area contributed by atoms with Gasteiger partial charge in [0.25, 0.3) is 5.91 Å². The van der Waals surface area contributed by atoms with Gasteiger partial charge in [0.1, 0.15) is 0 Å². The quantitative estimate of drug-likeness (QED) is 0.777. The fourth-order valence-corrected chi connectivity index (χ4v) is 4.63. The van der Waals surface area contributed by atoms with E-state index in [2.05, 4.69) is 10.1 Å². The molecule has 1 aliphatic heterocycles. The summed E-state index contributed by atoms with van der Waals surface area (Å²) in [5, 5.41) is 2.73. The van der Waals surface area contributed by atoms with Gasteiger partial charge in [-0.05, 0) is 61.7 Å². The number of sulfonamides is 1. The maximum absolute atomic E-state index is 12.8. The summed E-state index contributed by atoms with van der Waals surface area (Å²) >= 11 is 0. The van der Waals surface area contributed by atoms with Crippen LogP contribution in [0.5, 0.6) is 0 Å². The number of hydrogen-bond acceptors (Lipinski definition) is 5. The fourth-order valence-electron chi connectivity index (χ4n) is 3.09. The molecule has 28 heavy (non-hydrogen) atoms. The molecule has 0 spiro atoms. The van der Waals surface area contributed by atoms with Crippen LogP contribution < -0.4 is 5.32 Å². The van der Waals surface area contributed by atoms with E-state index in [4.69, 9.17) is 0 Å². The van der Waals surface area contributed by atoms with Crippen molar-refractivity contribution in [1.82, 2.24) is 4.31 Å². The predicted molar refractivity (Wildman–Crippen MR) is 105 cm³/mol. The van der Waals surface area contributed by atoms with Crippen LogP contribution in [0.3, 0.4) is 0 Å². The minimum absolute atomic E-state index is 0.117. The molecule has 3 rings (SSSR count). The van der Waals surface area contributed by atoms with Crippen molar-refractivity contribution in [2.24, 2.45) is 0 Å². The standard InChI is InChI=1S/C20H22N2O5S/c1-14-5-10-17(28(25,26)22-11-3-4-12-22)13-18(14)19(23)21-16-8-6-15(7-9-16)20(24)27-2/h5-10,13H,3-4,11-12H2,1-2H3,(H,21,23). The van der Waals surface area contributed by atoms with Crippen molar-refractivity contribution in [2.75, 3.05) is 25.5 Å². The number of amides is 1. The Morgan fingerprint density at radius 2 is 1.68 bits per heavy atom. The molecule has 8 heteroatoms. The summed E-state index contributed by atoms with van der Waals surface area (Å²) in [7, 11) is -2.30. The number of benzene rings is 2. The zero-order chi connectivity index (χ0) is 20.3. The van der Waals surface area contributed by atoms with E-state index in [-0.39, 0.29) is 10.5 Å². The Hall–Kier alpha value is -2.71. The van der Waals surface area contributed by atoms with E-state index in [9.17, 15) is 18.0 Å². The molecule has 7 nitrogen and oxygen atoms in total. The molecule has 0 unspecified atom stereocenters. The second-order valence-electron chi connectivity index (χ2n) is 6.61. The average molecular weight is 402 g/mol. The van der Waals surface area contributed by atoms with E-state index < -0.39 is 21.9 Å². The van der Waals surface area contributed by atoms with Crippen LogP contribution in [-0.4, -0.2) is 44.8 Å². The lowest BCUT2D eigenvalue weighted by atomic mass is 10.1. The van der Waals surface area contributed by atoms with Crippen molar-refractivity contribution in [1.29, 1.82) is 0 Å². The number of anilines is 1. The van der Waals surface area contributed by atoms with E-state index >= 15 is 0 Å². The average Bonchev–Trinajstić information content (AvgIpc) is 3.24. The van der Waals surface area contributed by atoms with Gasteiger partial charge in [-0.2, -0.15) is 4.31 Å². The zero-order valence-corrected chi connectivity index (χ0v) is 16.6. The van der Waals surface area contributed by atoms with Crippen molar-refractivity contribution in [3.05, 3.63) is 59.2 Å². The molecule has 0 aromatic heterocycles. The Kier molecular flexibility index (Phi) is 5.81. The summed E-state index contributed by atoms with van der Waals surface area (Å²) in [6.45, 7) is 2.76. The largest absolute Gasteiger partial charge is 0.465 e. The third-order valence-electron chi connectivity index (χ3n) is 4.72. The summed E-state index contributed by atoms with van der Waals surface area (Å²) in [5.74, 6) is -0.879. The Balaban J connectivity index is 1.82. The second-order valence-corrected chi connectivity index (χ2v) is 8.55. The number of ether oxygens (including phenoxy) is 1. The first-order valence-corrected chi connectivity index (χ1v) is 10.4. The molecule has 0 bridgehead atoms. The molecule has 0 atom stereocenters. The van der Waals surface area contributed by atoms with Crippen LogP contribution >= 0.6 is 0 Å². The maximum Gasteiger partial charge on any atom is 0.337 e. The maximum atomic E-state index is 12.8. The van der Waals surface area contributed by atoms with Gasteiger partial charge in [-0.25, -0.2) is 13.2 Å². The van der Waals surface area contributed by atoms with E-state index in [0.29, 0.717) is 29.9 Å². The Bertz CT molecular complexity index is 994. The number of hydrogen-bond donors (Lipinski definition) is 1. The zero-order valence-electron chi connectivity index (χ0n) is 15.8. The van der Waals surface area contributed by atoms with Crippen LogP contribution in [0.25, 0.3) is 0 Å². The summed E-state index contributed by atoms with van der Waals surface area (Å²) in [6.07, 6.45) is 1.69. The number of aryl methyl sites for hydroxylation is 1. The lowest BCUT2D eigenvalue weighted by Gasteiger charge is -2.17. The van der Waals surface area contributed by atoms with Crippen LogP contribution in [0, 0.1) is 6.92 Å². The number of nitrogens with one attached hydrogen (secondary N) is 1. The molecule has 1 aliphatic rings. The fraction of sp³-hybridized carbons (Fsp3) is 0.300. The minimum Gasteiger partial charge on any atom is -0.465 e. The van der Waals surface area contributed by atoms with Crippen LogP contribution in [0.15, 0.2) is 47.4 Å². The SMILES string of the molecule is COC(=O)c1ccc(NC(=O)c2cc(S(=O)(=O)N3CCCC3)ccc2C)cc1. The Morgan fingerprint density at radius 3 is 2.29 bits per heavy atom. The van der Waals surface area contributed by atoms with Crippen molar-refractivity contribution in [2.45, 2.75) is 24.7 Å². The van der Waals surface area contributed by atoms with Crippen molar-refractivity contribution < 1.29 is 22.7 Å². The summed E-state index contributed by atoms with van der Waals surface area (Å²) < 4.78 is 31.6. The summed E-state index contributed by atoms with van der Waals surface area (Å²) in [6, 6.07) is 10.9. The molecular formula is C20H22N2O5S. The monoisotopic (exact) mass is 402 g/mol. The van der Waals surface area contributed by atoms with Crippen LogP contribution in [-0.2, 0) is 14.8 Å². The number of carbonyl (C=O) groups is 2. The van der Waals surface area contributed by atoms with Gasteiger partial charge in [0, 0.05) is 24.3 Å². The van der Waals surface area contributed by atoms with Crippen LogP contribution in [0.1, 0.15) is 39.1 Å². The van der Waals surface area contributed by atoms with E-state index in [1.807, 2.05) is 0 Å². The van der Waals surface area contributed by atoms with Gasteiger partial charge in [-0.3, -0.25) is 4.79 Å². The van der Waals surface area contributed by atoms with Gasteiger partial charge in [0.15, 0.2) is 0 Å². The molecule has 0 aliphatic carbocycles. The molecule has 2 aromatic carbocycles. The van der Waals surface area contributed by atoms with E-state index in [0.717, 1.165) is 12.8 Å². The smallest absolute Gasteiger partial charge is 0.337 e. The molecule has 1 heterocycles. The third-order valence-corrected chi connectivity index (χ3v) is 6.61. The molecule has 0 radical (unpaired) electrons. The van der Waals surface area contributed by atoms with E-state index in [1.54, 1.807) is 37.3 Å². The van der Waals surface area contributed by atoms with Crippen molar-refractivity contribution in [3.63, 3.8) is 0 Å². The lowest BCUT2D eigenvalue weighted by Crippen LogP contribution is -2.28. The molecule has 1 amide bonds. The molecule has 1 N–H and O–H groups in total. The highest BCUT2D eigenvalue weighted by Crippen LogP contribution is 2.23. The number of methoxy groups -OCH3 is 1. The van der Waals surface area contributed by atoms with Crippen molar-refractivity contribution in [3.8, 4) is 0 Å². The first kappa shape index (κ1) is 20.0. The number of esters is 1. The first-order valence-electron chi connectivity index (χ1n) is 8.93. The number of nitrogens with zero attached hydrogens (tertiary/aromatic N) is 1. The molecule has 1 saturated heterocycles. The number of carbonyl (C=O) groups excluding carboxylic acids is 2. The minimum atomic E-state index is -3.60. The molecule has 2 aromatic rings. The Morgan fingerprint density at radius 1 is 1.04 bits per heavy atom. The molecule has 0 saturated carbocycles. The highest BCUT2D eigenvalue weighted by molar-refractivity contribution is 7.89. The van der Waals surface area contributed by atoms with Crippen molar-refractivity contribution >= 4 is 27.6 Å². The van der Waals surface area contributed by atoms with Crippen LogP contribution in [0.2, 0.25) is 0 Å². The first-order chi connectivity index (χ1) is 13.3. The van der Waals surface area contributed by atoms with Gasteiger partial charge >= 0.3 is 5.97 Å². The highest BCUT2D eigenvalue weighted by Gasteiger charge is 2.28. The lowest BCUT2D eigenvalue weighted by molar-refractivity contribution is 0.0600. The molecule has 148 valence electrons. The van der Waals surface area contributed by atoms with Gasteiger partial charge < -0.3 is 10.1 Å². The molecular weight excluding hydrogens is 380 g/mol. The normalized spacial score (nSPS) is 14.6. The second kappa shape index (κ2) is 8.12. The number of rotatable bonds is 5. The summed E-state index contributed by atoms with van der Waals surface area (Å²) in [4.78, 5) is 24.3. The van der Waals surface area contributed by atoms with Gasteiger partial charge in [0.2, 0.25) is 10.0 Å². The molecule has 1 fully saturated rings. The summed E-state index contributed by atoms with van der Waals surface area (Å²) in [5.41, 5.74) is 1.82. The third kappa shape index (κ3) is 4.07. The van der Waals surface area contributed by atoms with Gasteiger partial charge in [0.05, 0.1) is 17.6 Å².